The van der Waals surface area contributed by atoms with Gasteiger partial charge in [0.25, 0.3) is 0 Å². The van der Waals surface area contributed by atoms with E-state index in [4.69, 9.17) is 14.3 Å². The smallest absolute Gasteiger partial charge is 0.235 e. The average Bonchev–Trinajstić information content (AvgIpc) is 3.12. The maximum Gasteiger partial charge on any atom is 0.235 e. The lowest BCUT2D eigenvalue weighted by atomic mass is 10.1. The van der Waals surface area contributed by atoms with Crippen LogP contribution in [-0.4, -0.2) is 10.9 Å². The first-order valence-electron chi connectivity index (χ1n) is 8.00. The van der Waals surface area contributed by atoms with E-state index in [0.717, 1.165) is 17.1 Å². The second-order valence-corrected chi connectivity index (χ2v) is 5.55. The number of hydrogen-bond donors (Lipinski definition) is 0. The molecule has 0 unspecified atom stereocenters. The Bertz CT molecular complexity index is 849. The van der Waals surface area contributed by atoms with Crippen LogP contribution in [0.25, 0.3) is 0 Å². The molecule has 3 aromatic rings. The van der Waals surface area contributed by atoms with Crippen molar-refractivity contribution in [1.82, 2.24) is 4.98 Å². The Hall–Kier alpha value is -3.34. The van der Waals surface area contributed by atoms with Crippen LogP contribution < -0.4 is 9.47 Å². The van der Waals surface area contributed by atoms with Gasteiger partial charge in [-0.05, 0) is 42.0 Å². The van der Waals surface area contributed by atoms with Crippen LogP contribution in [0.15, 0.2) is 84.3 Å². The zero-order chi connectivity index (χ0) is 16.9. The van der Waals surface area contributed by atoms with Crippen molar-refractivity contribution < 1.29 is 14.3 Å². The minimum Gasteiger partial charge on any atom is -0.457 e. The van der Waals surface area contributed by atoms with Crippen molar-refractivity contribution in [3.05, 3.63) is 84.7 Å². The first-order valence-corrected chi connectivity index (χ1v) is 8.00. The van der Waals surface area contributed by atoms with E-state index in [0.29, 0.717) is 18.1 Å². The lowest BCUT2D eigenvalue weighted by Gasteiger charge is -2.10. The number of pyridine rings is 1. The lowest BCUT2D eigenvalue weighted by Crippen LogP contribution is -2.07. The highest BCUT2D eigenvalue weighted by atomic mass is 16.7. The summed E-state index contributed by atoms with van der Waals surface area (Å²) >= 11 is 0. The number of nitrogens with zero attached hydrogens (tertiary/aromatic N) is 2. The molecule has 4 rings (SSSR count). The molecule has 1 aliphatic heterocycles. The summed E-state index contributed by atoms with van der Waals surface area (Å²) in [5.74, 6) is 2.84. The van der Waals surface area contributed by atoms with Gasteiger partial charge in [-0.25, -0.2) is 0 Å². The van der Waals surface area contributed by atoms with Gasteiger partial charge in [-0.15, -0.1) is 0 Å². The highest BCUT2D eigenvalue weighted by molar-refractivity contribution is 5.79. The molecule has 0 bridgehead atoms. The summed E-state index contributed by atoms with van der Waals surface area (Å²) in [6.07, 6.45) is 3.78. The molecule has 2 heterocycles. The molecule has 2 aromatic carbocycles. The predicted octanol–water partition coefficient (Wildman–Crippen LogP) is 4.73. The van der Waals surface area contributed by atoms with Crippen molar-refractivity contribution in [1.29, 1.82) is 0 Å². The molecule has 0 aliphatic carbocycles. The van der Waals surface area contributed by atoms with Gasteiger partial charge in [0.1, 0.15) is 17.2 Å². The van der Waals surface area contributed by atoms with E-state index in [9.17, 15) is 0 Å². The Labute approximate surface area is 145 Å². The minimum atomic E-state index is -0.150. The summed E-state index contributed by atoms with van der Waals surface area (Å²) in [4.78, 5) is 9.45. The fourth-order valence-electron chi connectivity index (χ4n) is 2.51. The van der Waals surface area contributed by atoms with Crippen molar-refractivity contribution in [2.24, 2.45) is 5.16 Å². The molecule has 0 saturated carbocycles. The Morgan fingerprint density at radius 3 is 2.20 bits per heavy atom. The SMILES string of the molecule is c1ccc(Oc2ccc([C@H]3CC(Oc4ccncc4)=NO3)cc2)cc1. The quantitative estimate of drug-likeness (QED) is 0.693. The molecule has 5 heteroatoms. The zero-order valence-electron chi connectivity index (χ0n) is 13.4. The normalized spacial score (nSPS) is 16.0. The average molecular weight is 332 g/mol. The Morgan fingerprint density at radius 2 is 1.44 bits per heavy atom. The summed E-state index contributed by atoms with van der Waals surface area (Å²) in [5.41, 5.74) is 1.03. The number of ether oxygens (including phenoxy) is 2. The van der Waals surface area contributed by atoms with E-state index in [-0.39, 0.29) is 6.10 Å². The molecule has 124 valence electrons. The molecule has 0 N–H and O–H groups in total. The predicted molar refractivity (Wildman–Crippen MR) is 93.7 cm³/mol. The molecule has 0 amide bonds. The topological polar surface area (TPSA) is 52.9 Å². The molecule has 1 aromatic heterocycles. The van der Waals surface area contributed by atoms with Gasteiger partial charge in [0, 0.05) is 12.4 Å². The van der Waals surface area contributed by atoms with Crippen LogP contribution in [0.2, 0.25) is 0 Å². The summed E-state index contributed by atoms with van der Waals surface area (Å²) in [5, 5.41) is 4.02. The first kappa shape index (κ1) is 15.2. The second kappa shape index (κ2) is 7.05. The number of aromatic nitrogens is 1. The molecular weight excluding hydrogens is 316 g/mol. The monoisotopic (exact) mass is 332 g/mol. The first-order chi connectivity index (χ1) is 12.4. The molecular formula is C20H16N2O3. The van der Waals surface area contributed by atoms with Crippen molar-refractivity contribution in [3.8, 4) is 17.2 Å². The molecule has 0 radical (unpaired) electrons. The van der Waals surface area contributed by atoms with E-state index in [2.05, 4.69) is 10.1 Å². The second-order valence-electron chi connectivity index (χ2n) is 5.55. The Morgan fingerprint density at radius 1 is 0.760 bits per heavy atom. The molecule has 25 heavy (non-hydrogen) atoms. The van der Waals surface area contributed by atoms with Crippen LogP contribution in [0.1, 0.15) is 18.1 Å². The van der Waals surface area contributed by atoms with Crippen molar-refractivity contribution in [2.45, 2.75) is 12.5 Å². The van der Waals surface area contributed by atoms with Gasteiger partial charge in [-0.2, -0.15) is 0 Å². The molecule has 5 nitrogen and oxygen atoms in total. The Kier molecular flexibility index (Phi) is 4.29. The van der Waals surface area contributed by atoms with Gasteiger partial charge in [-0.1, -0.05) is 35.5 Å². The molecule has 0 fully saturated rings. The summed E-state index contributed by atoms with van der Waals surface area (Å²) in [6, 6.07) is 21.1. The number of oxime groups is 1. The van der Waals surface area contributed by atoms with Gasteiger partial charge in [0.05, 0.1) is 6.42 Å². The van der Waals surface area contributed by atoms with Crippen LogP contribution in [0.4, 0.5) is 0 Å². The van der Waals surface area contributed by atoms with Crippen molar-refractivity contribution in [2.75, 3.05) is 0 Å². The maximum atomic E-state index is 5.80. The third-order valence-electron chi connectivity index (χ3n) is 3.76. The van der Waals surface area contributed by atoms with Gasteiger partial charge in [0.2, 0.25) is 5.90 Å². The lowest BCUT2D eigenvalue weighted by molar-refractivity contribution is 0.0855. The standard InChI is InChI=1S/C20H16N2O3/c1-2-4-16(5-3-1)23-17-8-6-15(7-9-17)19-14-20(22-25-19)24-18-10-12-21-13-11-18/h1-13,19H,14H2/t19-/m1/s1. The van der Waals surface area contributed by atoms with Crippen LogP contribution in [0, 0.1) is 0 Å². The van der Waals surface area contributed by atoms with Crippen LogP contribution in [0.3, 0.4) is 0 Å². The van der Waals surface area contributed by atoms with E-state index in [1.807, 2.05) is 54.6 Å². The number of benzene rings is 2. The molecule has 0 spiro atoms. The third kappa shape index (κ3) is 3.77. The summed E-state index contributed by atoms with van der Waals surface area (Å²) in [6.45, 7) is 0. The fraction of sp³-hybridized carbons (Fsp3) is 0.100. The molecule has 1 aliphatic rings. The zero-order valence-corrected chi connectivity index (χ0v) is 13.4. The Balaban J connectivity index is 1.37. The summed E-state index contributed by atoms with van der Waals surface area (Å²) < 4.78 is 11.5. The van der Waals surface area contributed by atoms with Gasteiger partial charge in [0.15, 0.2) is 6.10 Å². The van der Waals surface area contributed by atoms with Gasteiger partial charge < -0.3 is 14.3 Å². The summed E-state index contributed by atoms with van der Waals surface area (Å²) in [7, 11) is 0. The highest BCUT2D eigenvalue weighted by Crippen LogP contribution is 2.30. The van der Waals surface area contributed by atoms with E-state index < -0.39 is 0 Å². The van der Waals surface area contributed by atoms with E-state index >= 15 is 0 Å². The van der Waals surface area contributed by atoms with Gasteiger partial charge >= 0.3 is 0 Å². The fourth-order valence-corrected chi connectivity index (χ4v) is 2.51. The minimum absolute atomic E-state index is 0.150. The number of para-hydroxylation sites is 1. The van der Waals surface area contributed by atoms with Crippen LogP contribution in [0.5, 0.6) is 17.2 Å². The van der Waals surface area contributed by atoms with Crippen LogP contribution >= 0.6 is 0 Å². The maximum absolute atomic E-state index is 5.80. The largest absolute Gasteiger partial charge is 0.457 e. The third-order valence-corrected chi connectivity index (χ3v) is 3.76. The van der Waals surface area contributed by atoms with Crippen molar-refractivity contribution >= 4 is 5.90 Å². The number of rotatable bonds is 4. The van der Waals surface area contributed by atoms with E-state index in [1.54, 1.807) is 24.5 Å². The molecule has 0 saturated heterocycles. The van der Waals surface area contributed by atoms with Crippen molar-refractivity contribution in [3.63, 3.8) is 0 Å². The van der Waals surface area contributed by atoms with Gasteiger partial charge in [-0.3, -0.25) is 4.98 Å². The van der Waals surface area contributed by atoms with E-state index in [1.165, 1.54) is 0 Å². The van der Waals surface area contributed by atoms with Crippen LogP contribution in [-0.2, 0) is 4.84 Å². The number of hydrogen-bond acceptors (Lipinski definition) is 5. The highest BCUT2D eigenvalue weighted by Gasteiger charge is 2.24. The molecule has 1 atom stereocenters.